The third-order valence-corrected chi connectivity index (χ3v) is 7.28. The van der Waals surface area contributed by atoms with E-state index in [1.54, 1.807) is 11.9 Å². The van der Waals surface area contributed by atoms with Crippen molar-refractivity contribution in [3.63, 3.8) is 0 Å². The molecular formula is C27H37N3O4. The van der Waals surface area contributed by atoms with Crippen LogP contribution >= 0.6 is 0 Å². The number of urea groups is 1. The topological polar surface area (TPSA) is 82.9 Å². The van der Waals surface area contributed by atoms with E-state index in [1.807, 2.05) is 24.3 Å². The Morgan fingerprint density at radius 1 is 1.24 bits per heavy atom. The van der Waals surface area contributed by atoms with Crippen molar-refractivity contribution in [2.45, 2.75) is 78.3 Å². The number of carbonyl (C=O) groups excluding carboxylic acids is 3. The smallest absolute Gasteiger partial charge is 0.325 e. The third kappa shape index (κ3) is 4.57. The van der Waals surface area contributed by atoms with E-state index in [0.29, 0.717) is 25.3 Å². The van der Waals surface area contributed by atoms with Crippen LogP contribution in [0, 0.1) is 11.3 Å². The number of furan rings is 1. The molecule has 1 N–H and O–H groups in total. The first-order valence-electron chi connectivity index (χ1n) is 12.4. The van der Waals surface area contributed by atoms with Crippen molar-refractivity contribution < 1.29 is 18.8 Å². The maximum Gasteiger partial charge on any atom is 0.325 e. The van der Waals surface area contributed by atoms with Gasteiger partial charge in [-0.05, 0) is 43.1 Å². The Morgan fingerprint density at radius 3 is 2.68 bits per heavy atom. The van der Waals surface area contributed by atoms with E-state index in [4.69, 9.17) is 4.42 Å². The highest BCUT2D eigenvalue weighted by molar-refractivity contribution is 6.09. The highest BCUT2D eigenvalue weighted by Gasteiger charge is 2.56. The number of para-hydroxylation sites is 1. The lowest BCUT2D eigenvalue weighted by atomic mass is 9.64. The van der Waals surface area contributed by atoms with Crippen LogP contribution in [0.4, 0.5) is 4.79 Å². The predicted molar refractivity (Wildman–Crippen MR) is 131 cm³/mol. The van der Waals surface area contributed by atoms with Crippen LogP contribution in [0.5, 0.6) is 0 Å². The molecule has 2 aromatic rings. The molecule has 7 heteroatoms. The van der Waals surface area contributed by atoms with Gasteiger partial charge in [-0.25, -0.2) is 4.79 Å². The SMILES string of the molecule is CCCCc1oc2ccccc2c1CN(C)C(=O)CN1C(=O)NC2(CC(C)CC(C)(C)C2)C1=O. The number of nitrogens with one attached hydrogen (secondary N) is 1. The van der Waals surface area contributed by atoms with Crippen LogP contribution in [-0.2, 0) is 22.6 Å². The maximum atomic E-state index is 13.4. The quantitative estimate of drug-likeness (QED) is 0.589. The summed E-state index contributed by atoms with van der Waals surface area (Å²) in [5.74, 6) is 0.684. The fourth-order valence-corrected chi connectivity index (χ4v) is 6.09. The van der Waals surface area contributed by atoms with Gasteiger partial charge < -0.3 is 14.6 Å². The molecular weight excluding hydrogens is 430 g/mol. The first-order valence-corrected chi connectivity index (χ1v) is 12.4. The molecule has 7 nitrogen and oxygen atoms in total. The van der Waals surface area contributed by atoms with Gasteiger partial charge in [0.25, 0.3) is 5.91 Å². The van der Waals surface area contributed by atoms with Gasteiger partial charge in [-0.1, -0.05) is 52.3 Å². The molecule has 2 aliphatic rings. The Balaban J connectivity index is 1.49. The van der Waals surface area contributed by atoms with E-state index < -0.39 is 11.6 Å². The van der Waals surface area contributed by atoms with E-state index in [0.717, 1.165) is 52.9 Å². The largest absolute Gasteiger partial charge is 0.461 e. The lowest BCUT2D eigenvalue weighted by Crippen LogP contribution is -2.54. The van der Waals surface area contributed by atoms with Crippen molar-refractivity contribution in [3.8, 4) is 0 Å². The van der Waals surface area contributed by atoms with E-state index in [9.17, 15) is 14.4 Å². The van der Waals surface area contributed by atoms with Gasteiger partial charge in [-0.15, -0.1) is 0 Å². The number of imide groups is 1. The summed E-state index contributed by atoms with van der Waals surface area (Å²) >= 11 is 0. The van der Waals surface area contributed by atoms with Crippen molar-refractivity contribution in [2.75, 3.05) is 13.6 Å². The van der Waals surface area contributed by atoms with Gasteiger partial charge in [0.1, 0.15) is 23.4 Å². The minimum absolute atomic E-state index is 0.0470. The molecule has 1 aromatic carbocycles. The molecule has 184 valence electrons. The van der Waals surface area contributed by atoms with E-state index in [1.165, 1.54) is 0 Å². The lowest BCUT2D eigenvalue weighted by Gasteiger charge is -2.43. The molecule has 1 saturated heterocycles. The molecule has 34 heavy (non-hydrogen) atoms. The molecule has 1 aromatic heterocycles. The molecule has 1 spiro atoms. The van der Waals surface area contributed by atoms with Gasteiger partial charge in [-0.2, -0.15) is 0 Å². The third-order valence-electron chi connectivity index (χ3n) is 7.28. The zero-order chi connectivity index (χ0) is 24.7. The zero-order valence-corrected chi connectivity index (χ0v) is 21.1. The number of benzene rings is 1. The maximum absolute atomic E-state index is 13.4. The molecule has 0 bridgehead atoms. The van der Waals surface area contributed by atoms with Gasteiger partial charge in [0, 0.05) is 31.0 Å². The number of amides is 4. The molecule has 1 aliphatic heterocycles. The summed E-state index contributed by atoms with van der Waals surface area (Å²) in [4.78, 5) is 42.1. The van der Waals surface area contributed by atoms with Gasteiger partial charge in [0.15, 0.2) is 0 Å². The summed E-state index contributed by atoms with van der Waals surface area (Å²) in [6, 6.07) is 7.39. The number of rotatable bonds is 7. The molecule has 1 saturated carbocycles. The van der Waals surface area contributed by atoms with E-state index in [2.05, 4.69) is 33.0 Å². The number of nitrogens with zero attached hydrogens (tertiary/aromatic N) is 2. The van der Waals surface area contributed by atoms with Crippen molar-refractivity contribution in [2.24, 2.45) is 11.3 Å². The summed E-state index contributed by atoms with van der Waals surface area (Å²) in [6.45, 7) is 8.64. The average molecular weight is 468 g/mol. The van der Waals surface area contributed by atoms with Crippen molar-refractivity contribution in [3.05, 3.63) is 35.6 Å². The first kappa shape index (κ1) is 24.3. The summed E-state index contributed by atoms with van der Waals surface area (Å²) < 4.78 is 6.09. The predicted octanol–water partition coefficient (Wildman–Crippen LogP) is 4.87. The minimum Gasteiger partial charge on any atom is -0.461 e. The van der Waals surface area contributed by atoms with Crippen LogP contribution in [0.2, 0.25) is 0 Å². The second-order valence-electron chi connectivity index (χ2n) is 11.1. The standard InChI is InChI=1S/C27H37N3O4/c1-6-7-11-22-20(19-10-8-9-12-21(19)34-22)15-29(5)23(31)16-30-24(32)27(28-25(30)33)14-18(2)13-26(3,4)17-27/h8-10,12,18H,6-7,11,13-17H2,1-5H3,(H,28,33). The highest BCUT2D eigenvalue weighted by atomic mass is 16.3. The number of hydrogen-bond donors (Lipinski definition) is 1. The molecule has 2 fully saturated rings. The Kier molecular flexibility index (Phi) is 6.49. The number of unbranched alkanes of at least 4 members (excludes halogenated alkanes) is 1. The minimum atomic E-state index is -0.898. The Morgan fingerprint density at radius 2 is 1.97 bits per heavy atom. The van der Waals surface area contributed by atoms with Gasteiger partial charge in [-0.3, -0.25) is 14.5 Å². The summed E-state index contributed by atoms with van der Waals surface area (Å²) in [5, 5.41) is 3.95. The van der Waals surface area contributed by atoms with Crippen LogP contribution < -0.4 is 5.32 Å². The first-order chi connectivity index (χ1) is 16.0. The van der Waals surface area contributed by atoms with E-state index in [-0.39, 0.29) is 23.8 Å². The molecule has 2 atom stereocenters. The Bertz CT molecular complexity index is 1100. The zero-order valence-electron chi connectivity index (χ0n) is 21.1. The van der Waals surface area contributed by atoms with Crippen LogP contribution in [0.25, 0.3) is 11.0 Å². The molecule has 2 heterocycles. The lowest BCUT2D eigenvalue weighted by molar-refractivity contribution is -0.140. The number of aryl methyl sites for hydroxylation is 1. The Labute approximate surface area is 201 Å². The number of likely N-dealkylation sites (N-methyl/N-ethyl adjacent to an activating group) is 1. The fourth-order valence-electron chi connectivity index (χ4n) is 6.09. The average Bonchev–Trinajstić information content (AvgIpc) is 3.20. The molecule has 1 aliphatic carbocycles. The molecule has 0 radical (unpaired) electrons. The summed E-state index contributed by atoms with van der Waals surface area (Å²) in [7, 11) is 1.72. The summed E-state index contributed by atoms with van der Waals surface area (Å²) in [6.07, 6.45) is 5.09. The number of carbonyl (C=O) groups is 3. The molecule has 4 rings (SSSR count). The number of hydrogen-bond acceptors (Lipinski definition) is 4. The van der Waals surface area contributed by atoms with Crippen LogP contribution in [0.1, 0.15) is 71.1 Å². The Hall–Kier alpha value is -2.83. The van der Waals surface area contributed by atoms with Gasteiger partial charge >= 0.3 is 6.03 Å². The van der Waals surface area contributed by atoms with Crippen LogP contribution in [-0.4, -0.2) is 46.8 Å². The number of fused-ring (bicyclic) bond motifs is 1. The summed E-state index contributed by atoms with van der Waals surface area (Å²) in [5.41, 5.74) is 0.866. The second-order valence-corrected chi connectivity index (χ2v) is 11.1. The van der Waals surface area contributed by atoms with Crippen molar-refractivity contribution >= 4 is 28.8 Å². The van der Waals surface area contributed by atoms with Crippen molar-refractivity contribution in [1.29, 1.82) is 0 Å². The van der Waals surface area contributed by atoms with Gasteiger partial charge in [0.05, 0.1) is 0 Å². The van der Waals surface area contributed by atoms with Crippen LogP contribution in [0.3, 0.4) is 0 Å². The van der Waals surface area contributed by atoms with Crippen LogP contribution in [0.15, 0.2) is 28.7 Å². The monoisotopic (exact) mass is 467 g/mol. The molecule has 2 unspecified atom stereocenters. The van der Waals surface area contributed by atoms with E-state index >= 15 is 0 Å². The normalized spacial score (nSPS) is 24.1. The fraction of sp³-hybridized carbons (Fsp3) is 0.593. The van der Waals surface area contributed by atoms with Gasteiger partial charge in [0.2, 0.25) is 5.91 Å². The second kappa shape index (κ2) is 9.08. The highest BCUT2D eigenvalue weighted by Crippen LogP contribution is 2.46. The van der Waals surface area contributed by atoms with Crippen molar-refractivity contribution in [1.82, 2.24) is 15.1 Å². The molecule has 4 amide bonds.